The number of anilines is 1. The molecule has 0 unspecified atom stereocenters. The molecule has 2 aromatic carbocycles. The summed E-state index contributed by atoms with van der Waals surface area (Å²) in [5.74, 6) is 0.344. The molecule has 0 radical (unpaired) electrons. The molecule has 1 fully saturated rings. The molecule has 5 rings (SSSR count). The number of amides is 1. The molecule has 1 amide bonds. The van der Waals surface area contributed by atoms with Crippen LogP contribution < -0.4 is 10.2 Å². The summed E-state index contributed by atoms with van der Waals surface area (Å²) in [6.07, 6.45) is 3.60. The van der Waals surface area contributed by atoms with Crippen LogP contribution >= 0.6 is 0 Å². The SMILES string of the molecule is CC1(C)ON=C(c2ccc(C(=O)N(c3ncccc3-c3ccccc3)[C@@H]3CCCNC3)cc2)C1=O. The van der Waals surface area contributed by atoms with E-state index in [-0.39, 0.29) is 23.4 Å². The van der Waals surface area contributed by atoms with Crippen LogP contribution in [0.5, 0.6) is 0 Å². The minimum Gasteiger partial charge on any atom is -0.381 e. The van der Waals surface area contributed by atoms with E-state index in [0.717, 1.165) is 30.5 Å². The van der Waals surface area contributed by atoms with E-state index in [2.05, 4.69) is 15.5 Å². The average molecular weight is 469 g/mol. The predicted molar refractivity (Wildman–Crippen MR) is 136 cm³/mol. The smallest absolute Gasteiger partial charge is 0.259 e. The van der Waals surface area contributed by atoms with Crippen LogP contribution in [0.1, 0.15) is 42.6 Å². The molecule has 7 nitrogen and oxygen atoms in total. The number of hydrogen-bond acceptors (Lipinski definition) is 6. The number of ketones is 1. The van der Waals surface area contributed by atoms with Crippen LogP contribution in [-0.4, -0.2) is 47.1 Å². The summed E-state index contributed by atoms with van der Waals surface area (Å²) >= 11 is 0. The number of carbonyl (C=O) groups is 2. The molecule has 178 valence electrons. The summed E-state index contributed by atoms with van der Waals surface area (Å²) in [6, 6.07) is 20.9. The second-order valence-electron chi connectivity index (χ2n) is 9.36. The Morgan fingerprint density at radius 3 is 2.46 bits per heavy atom. The van der Waals surface area contributed by atoms with E-state index >= 15 is 0 Å². The fourth-order valence-corrected chi connectivity index (χ4v) is 4.54. The topological polar surface area (TPSA) is 83.9 Å². The number of benzene rings is 2. The van der Waals surface area contributed by atoms with Gasteiger partial charge in [-0.3, -0.25) is 14.5 Å². The van der Waals surface area contributed by atoms with Crippen LogP contribution in [0.25, 0.3) is 11.1 Å². The lowest BCUT2D eigenvalue weighted by atomic mass is 9.95. The molecule has 7 heteroatoms. The van der Waals surface area contributed by atoms with Crippen LogP contribution in [0, 0.1) is 0 Å². The van der Waals surface area contributed by atoms with E-state index in [1.54, 1.807) is 44.3 Å². The van der Waals surface area contributed by atoms with E-state index < -0.39 is 5.60 Å². The highest BCUT2D eigenvalue weighted by Gasteiger charge is 2.40. The highest BCUT2D eigenvalue weighted by Crippen LogP contribution is 2.32. The molecule has 1 aromatic heterocycles. The van der Waals surface area contributed by atoms with Gasteiger partial charge in [-0.05, 0) is 63.1 Å². The molecule has 0 spiro atoms. The summed E-state index contributed by atoms with van der Waals surface area (Å²) in [7, 11) is 0. The van der Waals surface area contributed by atoms with Gasteiger partial charge < -0.3 is 10.2 Å². The number of Topliss-reactive ketones (excluding diaryl/α,β-unsaturated/α-hetero) is 1. The summed E-state index contributed by atoms with van der Waals surface area (Å²) < 4.78 is 0. The van der Waals surface area contributed by atoms with Gasteiger partial charge >= 0.3 is 0 Å². The molecule has 0 aliphatic carbocycles. The predicted octanol–water partition coefficient (Wildman–Crippen LogP) is 4.23. The van der Waals surface area contributed by atoms with Gasteiger partial charge in [-0.25, -0.2) is 4.98 Å². The molecule has 1 saturated heterocycles. The van der Waals surface area contributed by atoms with Crippen molar-refractivity contribution in [3.63, 3.8) is 0 Å². The van der Waals surface area contributed by atoms with Gasteiger partial charge in [0.2, 0.25) is 5.78 Å². The van der Waals surface area contributed by atoms with Gasteiger partial charge in [0.1, 0.15) is 5.82 Å². The van der Waals surface area contributed by atoms with E-state index in [4.69, 9.17) is 4.84 Å². The molecule has 35 heavy (non-hydrogen) atoms. The third-order valence-electron chi connectivity index (χ3n) is 6.49. The first kappa shape index (κ1) is 22.9. The maximum absolute atomic E-state index is 14.0. The van der Waals surface area contributed by atoms with Crippen LogP contribution in [0.2, 0.25) is 0 Å². The monoisotopic (exact) mass is 468 g/mol. The summed E-state index contributed by atoms with van der Waals surface area (Å²) in [6.45, 7) is 5.02. The van der Waals surface area contributed by atoms with Crippen molar-refractivity contribution in [2.75, 3.05) is 18.0 Å². The Morgan fingerprint density at radius 2 is 1.80 bits per heavy atom. The minimum atomic E-state index is -0.971. The van der Waals surface area contributed by atoms with Crippen LogP contribution in [0.15, 0.2) is 78.1 Å². The van der Waals surface area contributed by atoms with Crippen LogP contribution in [0.4, 0.5) is 5.82 Å². The summed E-state index contributed by atoms with van der Waals surface area (Å²) in [5, 5.41) is 7.39. The summed E-state index contributed by atoms with van der Waals surface area (Å²) in [5.41, 5.74) is 2.38. The molecule has 3 aromatic rings. The van der Waals surface area contributed by atoms with Gasteiger partial charge in [-0.2, -0.15) is 0 Å². The van der Waals surface area contributed by atoms with Crippen LogP contribution in [0.3, 0.4) is 0 Å². The van der Waals surface area contributed by atoms with Gasteiger partial charge in [0.15, 0.2) is 11.3 Å². The highest BCUT2D eigenvalue weighted by molar-refractivity contribution is 6.49. The van der Waals surface area contributed by atoms with E-state index in [0.29, 0.717) is 23.5 Å². The zero-order chi connectivity index (χ0) is 24.4. The Balaban J connectivity index is 1.51. The molecular formula is C28H28N4O3. The van der Waals surface area contributed by atoms with Crippen molar-refractivity contribution in [1.29, 1.82) is 0 Å². The number of carbonyl (C=O) groups excluding carboxylic acids is 2. The Hall–Kier alpha value is -3.84. The zero-order valence-corrected chi connectivity index (χ0v) is 19.9. The molecule has 2 aliphatic rings. The molecule has 0 bridgehead atoms. The lowest BCUT2D eigenvalue weighted by molar-refractivity contribution is -0.128. The Morgan fingerprint density at radius 1 is 1.03 bits per heavy atom. The number of hydrogen-bond donors (Lipinski definition) is 1. The van der Waals surface area contributed by atoms with Gasteiger partial charge in [-0.15, -0.1) is 0 Å². The van der Waals surface area contributed by atoms with Crippen molar-refractivity contribution >= 4 is 23.2 Å². The van der Waals surface area contributed by atoms with Gasteiger partial charge in [0.25, 0.3) is 5.91 Å². The number of piperidine rings is 1. The first-order valence-corrected chi connectivity index (χ1v) is 11.9. The third kappa shape index (κ3) is 4.47. The Labute approximate surface area is 204 Å². The standard InChI is InChI=1S/C28H28N4O3/c1-28(2)25(33)24(31-35-28)20-12-14-21(15-13-20)27(34)32(22-10-6-16-29-18-22)26-23(11-7-17-30-26)19-8-4-3-5-9-19/h3-5,7-9,11-15,17,22,29H,6,10,16,18H2,1-2H3/t22-/m1/s1. The number of oxime groups is 1. The average Bonchev–Trinajstić information content (AvgIpc) is 3.18. The maximum Gasteiger partial charge on any atom is 0.259 e. The van der Waals surface area contributed by atoms with Crippen molar-refractivity contribution < 1.29 is 14.4 Å². The molecular weight excluding hydrogens is 440 g/mol. The van der Waals surface area contributed by atoms with Crippen molar-refractivity contribution in [3.8, 4) is 11.1 Å². The number of rotatable bonds is 5. The lowest BCUT2D eigenvalue weighted by Gasteiger charge is -2.35. The lowest BCUT2D eigenvalue weighted by Crippen LogP contribution is -2.49. The normalized spacial score (nSPS) is 19.1. The zero-order valence-electron chi connectivity index (χ0n) is 19.9. The van der Waals surface area contributed by atoms with Gasteiger partial charge in [0, 0.05) is 29.4 Å². The van der Waals surface area contributed by atoms with Gasteiger partial charge in [0.05, 0.1) is 6.04 Å². The first-order chi connectivity index (χ1) is 17.0. The second kappa shape index (κ2) is 9.43. The first-order valence-electron chi connectivity index (χ1n) is 11.9. The van der Waals surface area contributed by atoms with E-state index in [9.17, 15) is 9.59 Å². The number of aromatic nitrogens is 1. The molecule has 1 atom stereocenters. The molecule has 3 heterocycles. The number of nitrogens with one attached hydrogen (secondary N) is 1. The summed E-state index contributed by atoms with van der Waals surface area (Å²) in [4.78, 5) is 38.3. The second-order valence-corrected chi connectivity index (χ2v) is 9.36. The number of pyridine rings is 1. The fraction of sp³-hybridized carbons (Fsp3) is 0.286. The minimum absolute atomic E-state index is 0.0247. The van der Waals surface area contributed by atoms with E-state index in [1.165, 1.54) is 0 Å². The molecule has 1 N–H and O–H groups in total. The molecule has 0 saturated carbocycles. The van der Waals surface area contributed by atoms with Crippen molar-refractivity contribution in [2.24, 2.45) is 5.16 Å². The quantitative estimate of drug-likeness (QED) is 0.606. The largest absolute Gasteiger partial charge is 0.381 e. The van der Waals surface area contributed by atoms with Crippen molar-refractivity contribution in [1.82, 2.24) is 10.3 Å². The fourth-order valence-electron chi connectivity index (χ4n) is 4.54. The van der Waals surface area contributed by atoms with Crippen LogP contribution in [-0.2, 0) is 9.63 Å². The van der Waals surface area contributed by atoms with Crippen molar-refractivity contribution in [2.45, 2.75) is 38.3 Å². The number of nitrogens with zero attached hydrogens (tertiary/aromatic N) is 3. The molecule has 2 aliphatic heterocycles. The highest BCUT2D eigenvalue weighted by atomic mass is 16.7. The maximum atomic E-state index is 14.0. The third-order valence-corrected chi connectivity index (χ3v) is 6.49. The van der Waals surface area contributed by atoms with Crippen molar-refractivity contribution in [3.05, 3.63) is 84.1 Å². The Bertz CT molecular complexity index is 1260. The van der Waals surface area contributed by atoms with E-state index in [1.807, 2.05) is 47.4 Å². The Kier molecular flexibility index (Phi) is 6.17. The van der Waals surface area contributed by atoms with Gasteiger partial charge in [-0.1, -0.05) is 47.6 Å².